The summed E-state index contributed by atoms with van der Waals surface area (Å²) in [6.07, 6.45) is 2.16. The number of ether oxygens (including phenoxy) is 1. The van der Waals surface area contributed by atoms with E-state index in [2.05, 4.69) is 5.32 Å². The molecule has 0 radical (unpaired) electrons. The number of sulfonamides is 1. The molecular formula is C27H39N3O5S. The van der Waals surface area contributed by atoms with Crippen LogP contribution in [-0.2, 0) is 26.0 Å². The van der Waals surface area contributed by atoms with E-state index in [1.54, 1.807) is 36.1 Å². The molecule has 198 valence electrons. The Morgan fingerprint density at radius 1 is 0.972 bits per heavy atom. The van der Waals surface area contributed by atoms with Crippen molar-refractivity contribution in [3.63, 3.8) is 0 Å². The van der Waals surface area contributed by atoms with Crippen molar-refractivity contribution in [3.05, 3.63) is 60.2 Å². The molecule has 1 N–H and O–H groups in total. The van der Waals surface area contributed by atoms with E-state index in [0.717, 1.165) is 11.8 Å². The fraction of sp³-hybridized carbons (Fsp3) is 0.481. The highest BCUT2D eigenvalue weighted by atomic mass is 32.2. The Kier molecular flexibility index (Phi) is 11.2. The zero-order valence-electron chi connectivity index (χ0n) is 21.9. The van der Waals surface area contributed by atoms with Crippen molar-refractivity contribution in [3.8, 4) is 5.75 Å². The molecule has 0 spiro atoms. The number of methoxy groups -OCH3 is 1. The third kappa shape index (κ3) is 8.86. The number of nitrogens with zero attached hydrogens (tertiary/aromatic N) is 2. The Labute approximate surface area is 215 Å². The zero-order chi connectivity index (χ0) is 26.7. The first kappa shape index (κ1) is 29.2. The summed E-state index contributed by atoms with van der Waals surface area (Å²) in [7, 11) is -2.11. The van der Waals surface area contributed by atoms with Gasteiger partial charge in [-0.2, -0.15) is 0 Å². The molecule has 2 aromatic carbocycles. The van der Waals surface area contributed by atoms with Gasteiger partial charge in [-0.3, -0.25) is 13.9 Å². The van der Waals surface area contributed by atoms with Crippen LogP contribution in [0.3, 0.4) is 0 Å². The van der Waals surface area contributed by atoms with Crippen LogP contribution < -0.4 is 14.4 Å². The molecule has 2 amide bonds. The van der Waals surface area contributed by atoms with Crippen LogP contribution in [-0.4, -0.2) is 64.2 Å². The van der Waals surface area contributed by atoms with Crippen molar-refractivity contribution in [2.75, 3.05) is 37.3 Å². The normalized spacial score (nSPS) is 12.2. The second-order valence-corrected chi connectivity index (χ2v) is 11.2. The lowest BCUT2D eigenvalue weighted by atomic mass is 10.1. The molecule has 0 unspecified atom stereocenters. The largest absolute Gasteiger partial charge is 0.495 e. The second-order valence-electron chi connectivity index (χ2n) is 9.25. The lowest BCUT2D eigenvalue weighted by Gasteiger charge is -2.29. The van der Waals surface area contributed by atoms with Crippen molar-refractivity contribution in [1.29, 1.82) is 0 Å². The molecule has 0 bridgehead atoms. The summed E-state index contributed by atoms with van der Waals surface area (Å²) in [5.41, 5.74) is 1.50. The summed E-state index contributed by atoms with van der Waals surface area (Å²) in [5, 5.41) is 2.91. The van der Waals surface area contributed by atoms with Gasteiger partial charge in [-0.25, -0.2) is 8.42 Å². The summed E-state index contributed by atoms with van der Waals surface area (Å²) in [5.74, 6) is 0.351. The molecular weight excluding hydrogens is 478 g/mol. The Balaban J connectivity index is 2.13. The summed E-state index contributed by atoms with van der Waals surface area (Å²) in [6, 6.07) is 16.0. The highest BCUT2D eigenvalue weighted by Crippen LogP contribution is 2.29. The highest BCUT2D eigenvalue weighted by molar-refractivity contribution is 7.92. The fourth-order valence-corrected chi connectivity index (χ4v) is 4.81. The number of hydrogen-bond acceptors (Lipinski definition) is 5. The highest BCUT2D eigenvalue weighted by Gasteiger charge is 2.26. The molecule has 0 aliphatic rings. The third-order valence-corrected chi connectivity index (χ3v) is 7.02. The summed E-state index contributed by atoms with van der Waals surface area (Å²) in [6.45, 7) is 6.80. The first-order chi connectivity index (χ1) is 17.0. The Hall–Kier alpha value is -3.07. The van der Waals surface area contributed by atoms with Crippen molar-refractivity contribution < 1.29 is 22.7 Å². The molecule has 2 aromatic rings. The fourth-order valence-electron chi connectivity index (χ4n) is 3.84. The quantitative estimate of drug-likeness (QED) is 0.414. The smallest absolute Gasteiger partial charge is 0.242 e. The van der Waals surface area contributed by atoms with Crippen LogP contribution >= 0.6 is 0 Å². The van der Waals surface area contributed by atoms with Gasteiger partial charge >= 0.3 is 0 Å². The van der Waals surface area contributed by atoms with Gasteiger partial charge < -0.3 is 15.0 Å². The average molecular weight is 518 g/mol. The molecule has 0 heterocycles. The van der Waals surface area contributed by atoms with Gasteiger partial charge in [0.2, 0.25) is 21.8 Å². The van der Waals surface area contributed by atoms with Crippen LogP contribution in [0.2, 0.25) is 0 Å². The topological polar surface area (TPSA) is 96.0 Å². The maximum absolute atomic E-state index is 13.3. The molecule has 0 aliphatic heterocycles. The molecule has 1 atom stereocenters. The van der Waals surface area contributed by atoms with E-state index in [-0.39, 0.29) is 24.8 Å². The van der Waals surface area contributed by atoms with Crippen LogP contribution in [0.25, 0.3) is 0 Å². The van der Waals surface area contributed by atoms with Gasteiger partial charge in [0, 0.05) is 26.1 Å². The predicted octanol–water partition coefficient (Wildman–Crippen LogP) is 3.47. The molecule has 2 rings (SSSR count). The standard InChI is InChI=1S/C27H39N3O5S/c1-21(2)20-28-27(32)22(3)29(19-17-23-12-7-6-8-13-23)26(31)16-11-18-30(36(5,33)34)24-14-9-10-15-25(24)35-4/h6-10,12-15,21-22H,11,16-20H2,1-5H3,(H,28,32)/t22-/m1/s1. The maximum Gasteiger partial charge on any atom is 0.242 e. The number of rotatable bonds is 14. The predicted molar refractivity (Wildman–Crippen MR) is 144 cm³/mol. The van der Waals surface area contributed by atoms with E-state index in [4.69, 9.17) is 4.74 Å². The number of nitrogens with one attached hydrogen (secondary N) is 1. The van der Waals surface area contributed by atoms with E-state index < -0.39 is 16.1 Å². The van der Waals surface area contributed by atoms with Gasteiger partial charge in [-0.05, 0) is 43.4 Å². The number of hydrogen-bond donors (Lipinski definition) is 1. The minimum Gasteiger partial charge on any atom is -0.495 e. The van der Waals surface area contributed by atoms with Crippen molar-refractivity contribution >= 4 is 27.5 Å². The second kappa shape index (κ2) is 13.9. The average Bonchev–Trinajstić information content (AvgIpc) is 2.85. The number of carbonyl (C=O) groups excluding carboxylic acids is 2. The summed E-state index contributed by atoms with van der Waals surface area (Å²) >= 11 is 0. The van der Waals surface area contributed by atoms with Gasteiger partial charge in [0.15, 0.2) is 0 Å². The van der Waals surface area contributed by atoms with Crippen LogP contribution in [0.1, 0.15) is 39.2 Å². The number of anilines is 1. The van der Waals surface area contributed by atoms with Gasteiger partial charge in [0.05, 0.1) is 19.1 Å². The maximum atomic E-state index is 13.3. The van der Waals surface area contributed by atoms with Crippen LogP contribution in [0, 0.1) is 5.92 Å². The molecule has 9 heteroatoms. The minimum absolute atomic E-state index is 0.109. The molecule has 0 aliphatic carbocycles. The Morgan fingerprint density at radius 3 is 2.22 bits per heavy atom. The number of carbonyl (C=O) groups is 2. The van der Waals surface area contributed by atoms with Crippen LogP contribution in [0.4, 0.5) is 5.69 Å². The summed E-state index contributed by atoms with van der Waals surface area (Å²) in [4.78, 5) is 27.7. The van der Waals surface area contributed by atoms with Crippen LogP contribution in [0.5, 0.6) is 5.75 Å². The third-order valence-electron chi connectivity index (χ3n) is 5.84. The molecule has 0 aromatic heterocycles. The molecule has 8 nitrogen and oxygen atoms in total. The SMILES string of the molecule is COc1ccccc1N(CCCC(=O)N(CCc1ccccc1)[C@H](C)C(=O)NCC(C)C)S(C)(=O)=O. The van der Waals surface area contributed by atoms with Gasteiger partial charge in [0.25, 0.3) is 0 Å². The van der Waals surface area contributed by atoms with E-state index in [1.807, 2.05) is 44.2 Å². The first-order valence-corrected chi connectivity index (χ1v) is 14.1. The van der Waals surface area contributed by atoms with E-state index in [1.165, 1.54) is 11.4 Å². The van der Waals surface area contributed by atoms with Gasteiger partial charge in [-0.1, -0.05) is 56.3 Å². The monoisotopic (exact) mass is 517 g/mol. The number of amides is 2. The molecule has 0 saturated carbocycles. The zero-order valence-corrected chi connectivity index (χ0v) is 22.8. The van der Waals surface area contributed by atoms with Gasteiger partial charge in [-0.15, -0.1) is 0 Å². The van der Waals surface area contributed by atoms with Crippen molar-refractivity contribution in [2.45, 2.75) is 46.1 Å². The number of benzene rings is 2. The summed E-state index contributed by atoms with van der Waals surface area (Å²) < 4.78 is 31.6. The Morgan fingerprint density at radius 2 is 1.61 bits per heavy atom. The molecule has 0 saturated heterocycles. The lowest BCUT2D eigenvalue weighted by Crippen LogP contribution is -2.49. The lowest BCUT2D eigenvalue weighted by molar-refractivity contribution is -0.140. The Bertz CT molecular complexity index is 1090. The minimum atomic E-state index is -3.60. The van der Waals surface area contributed by atoms with E-state index >= 15 is 0 Å². The van der Waals surface area contributed by atoms with Crippen molar-refractivity contribution in [2.24, 2.45) is 5.92 Å². The molecule has 0 fully saturated rings. The van der Waals surface area contributed by atoms with Crippen LogP contribution in [0.15, 0.2) is 54.6 Å². The van der Waals surface area contributed by atoms with Crippen molar-refractivity contribution in [1.82, 2.24) is 10.2 Å². The number of para-hydroxylation sites is 2. The van der Waals surface area contributed by atoms with E-state index in [9.17, 15) is 18.0 Å². The first-order valence-electron chi connectivity index (χ1n) is 12.3. The van der Waals surface area contributed by atoms with Gasteiger partial charge in [0.1, 0.15) is 11.8 Å². The molecule has 36 heavy (non-hydrogen) atoms. The van der Waals surface area contributed by atoms with E-state index in [0.29, 0.717) is 43.3 Å².